The number of nitrogens with one attached hydrogen (secondary N) is 3. The molecule has 28 heavy (non-hydrogen) atoms. The zero-order valence-corrected chi connectivity index (χ0v) is 17.8. The molecule has 0 amide bonds. The van der Waals surface area contributed by atoms with Crippen LogP contribution in [-0.2, 0) is 0 Å². The lowest BCUT2D eigenvalue weighted by Gasteiger charge is -2.16. The van der Waals surface area contributed by atoms with Crippen LogP contribution in [0.15, 0.2) is 29.3 Å². The van der Waals surface area contributed by atoms with Gasteiger partial charge in [0.25, 0.3) is 0 Å². The highest BCUT2D eigenvalue weighted by Gasteiger charge is 2.16. The van der Waals surface area contributed by atoms with Gasteiger partial charge in [-0.3, -0.25) is 5.32 Å². The summed E-state index contributed by atoms with van der Waals surface area (Å²) in [6, 6.07) is 8.42. The molecule has 1 saturated carbocycles. The lowest BCUT2D eigenvalue weighted by molar-refractivity contribution is 0.703. The van der Waals surface area contributed by atoms with E-state index in [-0.39, 0.29) is 0 Å². The average Bonchev–Trinajstić information content (AvgIpc) is 3.10. The fourth-order valence-electron chi connectivity index (χ4n) is 3.29. The molecule has 2 aromatic rings. The number of thiocarbonyl (C=S) groups is 1. The molecule has 7 heteroatoms. The molecule has 1 aromatic carbocycles. The van der Waals surface area contributed by atoms with Crippen molar-refractivity contribution in [3.63, 3.8) is 0 Å². The van der Waals surface area contributed by atoms with Crippen LogP contribution >= 0.6 is 12.2 Å². The normalized spacial score (nSPS) is 14.8. The van der Waals surface area contributed by atoms with Gasteiger partial charge in [-0.2, -0.15) is 0 Å². The van der Waals surface area contributed by atoms with Crippen LogP contribution in [-0.4, -0.2) is 27.1 Å². The molecule has 0 atom stereocenters. The zero-order valence-electron chi connectivity index (χ0n) is 17.0. The van der Waals surface area contributed by atoms with Crippen molar-refractivity contribution in [2.24, 2.45) is 4.99 Å². The van der Waals surface area contributed by atoms with Crippen LogP contribution in [0.3, 0.4) is 0 Å². The second-order valence-electron chi connectivity index (χ2n) is 7.39. The van der Waals surface area contributed by atoms with E-state index in [2.05, 4.69) is 51.9 Å². The molecule has 0 spiro atoms. The molecule has 0 radical (unpaired) electrons. The van der Waals surface area contributed by atoms with Crippen LogP contribution in [0.25, 0.3) is 0 Å². The Hall–Kier alpha value is -2.54. The molecule has 0 unspecified atom stereocenters. The number of anilines is 2. The van der Waals surface area contributed by atoms with Crippen molar-refractivity contribution in [1.29, 1.82) is 0 Å². The third-order valence-electron chi connectivity index (χ3n) is 4.85. The van der Waals surface area contributed by atoms with Gasteiger partial charge in [0.2, 0.25) is 11.9 Å². The Labute approximate surface area is 172 Å². The predicted molar refractivity (Wildman–Crippen MR) is 120 cm³/mol. The van der Waals surface area contributed by atoms with Gasteiger partial charge in [-0.1, -0.05) is 18.9 Å². The first-order valence-corrected chi connectivity index (χ1v) is 10.1. The van der Waals surface area contributed by atoms with Gasteiger partial charge in [-0.15, -0.1) is 0 Å². The summed E-state index contributed by atoms with van der Waals surface area (Å²) in [5.74, 6) is 1.11. The molecule has 0 saturated heterocycles. The van der Waals surface area contributed by atoms with Gasteiger partial charge < -0.3 is 10.6 Å². The van der Waals surface area contributed by atoms with Gasteiger partial charge >= 0.3 is 0 Å². The second kappa shape index (κ2) is 9.10. The summed E-state index contributed by atoms with van der Waals surface area (Å²) in [6.07, 6.45) is 4.62. The van der Waals surface area contributed by atoms with Crippen molar-refractivity contribution >= 4 is 34.9 Å². The number of hydrogen-bond acceptors (Lipinski definition) is 4. The van der Waals surface area contributed by atoms with Gasteiger partial charge in [0.1, 0.15) is 0 Å². The summed E-state index contributed by atoms with van der Waals surface area (Å²) in [5.41, 5.74) is 5.23. The molecule has 1 fully saturated rings. The molecule has 6 nitrogen and oxygen atoms in total. The van der Waals surface area contributed by atoms with Crippen LogP contribution in [0.4, 0.5) is 11.6 Å². The van der Waals surface area contributed by atoms with Crippen LogP contribution in [0.2, 0.25) is 0 Å². The quantitative estimate of drug-likeness (QED) is 0.405. The van der Waals surface area contributed by atoms with E-state index in [1.165, 1.54) is 24.0 Å². The molecular formula is C21H28N6S. The van der Waals surface area contributed by atoms with E-state index in [9.17, 15) is 0 Å². The van der Waals surface area contributed by atoms with Crippen molar-refractivity contribution in [2.45, 2.75) is 59.4 Å². The molecule has 1 aromatic heterocycles. The van der Waals surface area contributed by atoms with E-state index in [0.717, 1.165) is 29.9 Å². The molecule has 0 aliphatic heterocycles. The Balaban J connectivity index is 1.74. The molecule has 3 N–H and O–H groups in total. The van der Waals surface area contributed by atoms with Crippen molar-refractivity contribution < 1.29 is 0 Å². The monoisotopic (exact) mass is 396 g/mol. The van der Waals surface area contributed by atoms with Crippen molar-refractivity contribution in [3.05, 3.63) is 46.8 Å². The Morgan fingerprint density at radius 1 is 0.964 bits per heavy atom. The highest BCUT2D eigenvalue weighted by atomic mass is 32.1. The first kappa shape index (κ1) is 20.2. The van der Waals surface area contributed by atoms with Crippen LogP contribution in [0.1, 0.15) is 48.2 Å². The summed E-state index contributed by atoms with van der Waals surface area (Å²) >= 11 is 5.51. The standard InChI is InChI=1S/C21H28N6S/c1-13-9-10-18(11-14(13)2)25-21(28)27-20(24-17-7-5-6-8-17)26-19-22-15(3)12-16(4)23-19/h9-12,17H,5-8H2,1-4H3,(H3,22,23,24,25,26,27,28). The minimum atomic E-state index is 0.297. The first-order valence-electron chi connectivity index (χ1n) is 9.71. The zero-order chi connectivity index (χ0) is 20.1. The minimum absolute atomic E-state index is 0.297. The van der Waals surface area contributed by atoms with E-state index >= 15 is 0 Å². The maximum Gasteiger partial charge on any atom is 0.229 e. The number of nitrogens with zero attached hydrogens (tertiary/aromatic N) is 3. The molecular weight excluding hydrogens is 368 g/mol. The topological polar surface area (TPSA) is 74.2 Å². The maximum absolute atomic E-state index is 5.51. The van der Waals surface area contributed by atoms with E-state index in [4.69, 9.17) is 17.2 Å². The minimum Gasteiger partial charge on any atom is -0.332 e. The molecule has 148 valence electrons. The smallest absolute Gasteiger partial charge is 0.229 e. The lowest BCUT2D eigenvalue weighted by Crippen LogP contribution is -2.40. The van der Waals surface area contributed by atoms with E-state index in [1.54, 1.807) is 0 Å². The van der Waals surface area contributed by atoms with E-state index in [1.807, 2.05) is 26.0 Å². The molecule has 3 rings (SSSR count). The average molecular weight is 397 g/mol. The molecule has 1 aliphatic carbocycles. The van der Waals surface area contributed by atoms with Gasteiger partial charge in [-0.05, 0) is 82.1 Å². The number of guanidine groups is 1. The molecule has 1 aliphatic rings. The van der Waals surface area contributed by atoms with Crippen LogP contribution < -0.4 is 16.0 Å². The summed E-state index contributed by atoms with van der Waals surface area (Å²) in [4.78, 5) is 13.7. The molecule has 0 bridgehead atoms. The van der Waals surface area contributed by atoms with Crippen LogP contribution in [0.5, 0.6) is 0 Å². The second-order valence-corrected chi connectivity index (χ2v) is 7.80. The van der Waals surface area contributed by atoms with Gasteiger partial charge in [0, 0.05) is 17.1 Å². The summed E-state index contributed by atoms with van der Waals surface area (Å²) in [5, 5.41) is 10.1. The largest absolute Gasteiger partial charge is 0.332 e. The lowest BCUT2D eigenvalue weighted by atomic mass is 10.1. The first-order chi connectivity index (χ1) is 13.4. The summed E-state index contributed by atoms with van der Waals surface area (Å²) < 4.78 is 0. The Morgan fingerprint density at radius 2 is 1.64 bits per heavy atom. The summed E-state index contributed by atoms with van der Waals surface area (Å²) in [6.45, 7) is 8.08. The number of aliphatic imine (C=N–C) groups is 1. The van der Waals surface area contributed by atoms with Crippen molar-refractivity contribution in [2.75, 3.05) is 10.6 Å². The fraction of sp³-hybridized carbons (Fsp3) is 0.429. The third-order valence-corrected chi connectivity index (χ3v) is 5.05. The highest BCUT2D eigenvalue weighted by Crippen LogP contribution is 2.21. The number of hydrogen-bond donors (Lipinski definition) is 3. The van der Waals surface area contributed by atoms with E-state index in [0.29, 0.717) is 23.1 Å². The third kappa shape index (κ3) is 5.73. The number of aryl methyl sites for hydroxylation is 4. The number of aromatic nitrogens is 2. The van der Waals surface area contributed by atoms with E-state index < -0.39 is 0 Å². The Kier molecular flexibility index (Phi) is 6.57. The summed E-state index contributed by atoms with van der Waals surface area (Å²) in [7, 11) is 0. The van der Waals surface area contributed by atoms with Gasteiger partial charge in [-0.25, -0.2) is 15.0 Å². The highest BCUT2D eigenvalue weighted by molar-refractivity contribution is 7.80. The van der Waals surface area contributed by atoms with Gasteiger partial charge in [0.15, 0.2) is 5.11 Å². The SMILES string of the molecule is Cc1cc(C)nc(NC(=NC2CCCC2)NC(=S)Nc2ccc(C)c(C)c2)n1. The molecule has 1 heterocycles. The van der Waals surface area contributed by atoms with Gasteiger partial charge in [0.05, 0.1) is 6.04 Å². The van der Waals surface area contributed by atoms with Crippen molar-refractivity contribution in [1.82, 2.24) is 15.3 Å². The maximum atomic E-state index is 5.51. The Bertz CT molecular complexity index is 866. The fourth-order valence-corrected chi connectivity index (χ4v) is 3.50. The van der Waals surface area contributed by atoms with Crippen molar-refractivity contribution in [3.8, 4) is 0 Å². The Morgan fingerprint density at radius 3 is 2.29 bits per heavy atom. The number of benzene rings is 1. The number of rotatable bonds is 3. The van der Waals surface area contributed by atoms with Crippen LogP contribution in [0, 0.1) is 27.7 Å². The predicted octanol–water partition coefficient (Wildman–Crippen LogP) is 4.41.